The summed E-state index contributed by atoms with van der Waals surface area (Å²) in [5, 5.41) is 3.46. The van der Waals surface area contributed by atoms with Gasteiger partial charge in [0.1, 0.15) is 0 Å². The zero-order chi connectivity index (χ0) is 15.3. The molecule has 4 nitrogen and oxygen atoms in total. The Labute approximate surface area is 132 Å². The summed E-state index contributed by atoms with van der Waals surface area (Å²) in [5.74, 6) is 0.768. The molecule has 6 heteroatoms. The average Bonchev–Trinajstić information content (AvgIpc) is 3.23. The summed E-state index contributed by atoms with van der Waals surface area (Å²) in [6.07, 6.45) is 5.48. The van der Waals surface area contributed by atoms with E-state index in [1.54, 1.807) is 23.9 Å². The fourth-order valence-electron chi connectivity index (χ4n) is 2.16. The Kier molecular flexibility index (Phi) is 6.10. The lowest BCUT2D eigenvalue weighted by molar-refractivity contribution is 0.571. The molecule has 1 unspecified atom stereocenters. The second kappa shape index (κ2) is 7.63. The standard InChI is InChI=1S/C15H24N2O2S2/c1-12(11-20-2)17-21(18,19)15-7-3-13(4-8-15)9-10-16-14-5-6-14/h3-4,7-8,12,14,16-17H,5-6,9-11H2,1-2H3. The molecule has 21 heavy (non-hydrogen) atoms. The minimum absolute atomic E-state index is 0.0626. The molecule has 0 saturated heterocycles. The van der Waals surface area contributed by atoms with Gasteiger partial charge in [0.2, 0.25) is 10.0 Å². The number of thioether (sulfide) groups is 1. The minimum atomic E-state index is -3.40. The average molecular weight is 329 g/mol. The molecule has 2 N–H and O–H groups in total. The molecule has 0 heterocycles. The molecule has 118 valence electrons. The van der Waals surface area contributed by atoms with Crippen LogP contribution in [0.4, 0.5) is 0 Å². The first-order chi connectivity index (χ1) is 10.0. The van der Waals surface area contributed by atoms with Gasteiger partial charge in [-0.05, 0) is 56.7 Å². The van der Waals surface area contributed by atoms with Crippen molar-refractivity contribution in [3.8, 4) is 0 Å². The van der Waals surface area contributed by atoms with Crippen LogP contribution < -0.4 is 10.0 Å². The second-order valence-electron chi connectivity index (χ2n) is 5.60. The Morgan fingerprint density at radius 1 is 1.29 bits per heavy atom. The maximum atomic E-state index is 12.2. The van der Waals surface area contributed by atoms with E-state index in [0.29, 0.717) is 10.9 Å². The van der Waals surface area contributed by atoms with Gasteiger partial charge in [-0.2, -0.15) is 11.8 Å². The molecular formula is C15H24N2O2S2. The molecule has 1 aromatic rings. The van der Waals surface area contributed by atoms with Crippen molar-refractivity contribution >= 4 is 21.8 Å². The van der Waals surface area contributed by atoms with E-state index in [0.717, 1.165) is 18.7 Å². The quantitative estimate of drug-likeness (QED) is 0.728. The van der Waals surface area contributed by atoms with Crippen LogP contribution in [0.3, 0.4) is 0 Å². The fourth-order valence-corrected chi connectivity index (χ4v) is 4.09. The van der Waals surface area contributed by atoms with E-state index in [1.165, 1.54) is 18.4 Å². The van der Waals surface area contributed by atoms with Crippen molar-refractivity contribution < 1.29 is 8.42 Å². The van der Waals surface area contributed by atoms with Gasteiger partial charge >= 0.3 is 0 Å². The lowest BCUT2D eigenvalue weighted by atomic mass is 10.1. The third-order valence-corrected chi connectivity index (χ3v) is 5.87. The van der Waals surface area contributed by atoms with Gasteiger partial charge in [-0.25, -0.2) is 13.1 Å². The number of nitrogens with one attached hydrogen (secondary N) is 2. The zero-order valence-electron chi connectivity index (χ0n) is 12.6. The van der Waals surface area contributed by atoms with E-state index in [2.05, 4.69) is 10.0 Å². The molecule has 1 aliphatic carbocycles. The lowest BCUT2D eigenvalue weighted by Gasteiger charge is -2.13. The van der Waals surface area contributed by atoms with Gasteiger partial charge < -0.3 is 5.32 Å². The Bertz CT molecular complexity index is 539. The van der Waals surface area contributed by atoms with Crippen LogP contribution in [0.2, 0.25) is 0 Å². The molecule has 0 spiro atoms. The van der Waals surface area contributed by atoms with Gasteiger partial charge in [0.05, 0.1) is 4.90 Å². The summed E-state index contributed by atoms with van der Waals surface area (Å²) in [7, 11) is -3.40. The van der Waals surface area contributed by atoms with Crippen LogP contribution in [-0.2, 0) is 16.4 Å². The molecule has 1 aliphatic rings. The molecule has 1 atom stereocenters. The van der Waals surface area contributed by atoms with Crippen molar-refractivity contribution in [3.63, 3.8) is 0 Å². The predicted molar refractivity (Wildman–Crippen MR) is 89.3 cm³/mol. The number of rotatable bonds is 9. The first kappa shape index (κ1) is 16.8. The summed E-state index contributed by atoms with van der Waals surface area (Å²) in [6.45, 7) is 2.84. The van der Waals surface area contributed by atoms with Crippen molar-refractivity contribution in [1.82, 2.24) is 10.0 Å². The van der Waals surface area contributed by atoms with Crippen LogP contribution in [0.15, 0.2) is 29.2 Å². The van der Waals surface area contributed by atoms with Crippen LogP contribution in [0.5, 0.6) is 0 Å². The number of benzene rings is 1. The van der Waals surface area contributed by atoms with E-state index in [4.69, 9.17) is 0 Å². The third-order valence-electron chi connectivity index (χ3n) is 3.43. The first-order valence-electron chi connectivity index (χ1n) is 7.35. The van der Waals surface area contributed by atoms with Gasteiger partial charge in [0.15, 0.2) is 0 Å². The van der Waals surface area contributed by atoms with E-state index in [9.17, 15) is 8.42 Å². The highest BCUT2D eigenvalue weighted by molar-refractivity contribution is 7.98. The molecule has 0 amide bonds. The Morgan fingerprint density at radius 3 is 2.52 bits per heavy atom. The highest BCUT2D eigenvalue weighted by Gasteiger charge is 2.20. The normalized spacial score (nSPS) is 16.9. The number of hydrogen-bond donors (Lipinski definition) is 2. The summed E-state index contributed by atoms with van der Waals surface area (Å²) in [5.41, 5.74) is 1.17. The number of sulfonamides is 1. The van der Waals surface area contributed by atoms with Crippen LogP contribution in [-0.4, -0.2) is 39.1 Å². The Morgan fingerprint density at radius 2 is 1.95 bits per heavy atom. The van der Waals surface area contributed by atoms with E-state index in [1.807, 2.05) is 25.3 Å². The third kappa shape index (κ3) is 5.62. The van der Waals surface area contributed by atoms with Crippen molar-refractivity contribution in [2.45, 2.75) is 43.2 Å². The highest BCUT2D eigenvalue weighted by Crippen LogP contribution is 2.18. The van der Waals surface area contributed by atoms with Gasteiger partial charge in [-0.1, -0.05) is 12.1 Å². The van der Waals surface area contributed by atoms with Crippen molar-refractivity contribution in [2.24, 2.45) is 0 Å². The maximum Gasteiger partial charge on any atom is 0.240 e. The van der Waals surface area contributed by atoms with Crippen molar-refractivity contribution in [3.05, 3.63) is 29.8 Å². The van der Waals surface area contributed by atoms with E-state index in [-0.39, 0.29) is 6.04 Å². The Balaban J connectivity index is 1.89. The molecule has 0 aromatic heterocycles. The van der Waals surface area contributed by atoms with Crippen LogP contribution >= 0.6 is 11.8 Å². The van der Waals surface area contributed by atoms with Crippen LogP contribution in [0, 0.1) is 0 Å². The highest BCUT2D eigenvalue weighted by atomic mass is 32.2. The smallest absolute Gasteiger partial charge is 0.240 e. The number of hydrogen-bond acceptors (Lipinski definition) is 4. The summed E-state index contributed by atoms with van der Waals surface area (Å²) in [6, 6.07) is 7.85. The molecule has 2 rings (SSSR count). The molecule has 0 bridgehead atoms. The SMILES string of the molecule is CSCC(C)NS(=O)(=O)c1ccc(CCNC2CC2)cc1. The van der Waals surface area contributed by atoms with Crippen molar-refractivity contribution in [2.75, 3.05) is 18.6 Å². The first-order valence-corrected chi connectivity index (χ1v) is 10.2. The van der Waals surface area contributed by atoms with Gasteiger partial charge in [0, 0.05) is 17.8 Å². The molecule has 0 aliphatic heterocycles. The maximum absolute atomic E-state index is 12.2. The fraction of sp³-hybridized carbons (Fsp3) is 0.600. The lowest BCUT2D eigenvalue weighted by Crippen LogP contribution is -2.34. The Hall–Kier alpha value is -0.560. The zero-order valence-corrected chi connectivity index (χ0v) is 14.3. The van der Waals surface area contributed by atoms with Crippen molar-refractivity contribution in [1.29, 1.82) is 0 Å². The van der Waals surface area contributed by atoms with Gasteiger partial charge in [-0.15, -0.1) is 0 Å². The summed E-state index contributed by atoms with van der Waals surface area (Å²) < 4.78 is 27.1. The minimum Gasteiger partial charge on any atom is -0.314 e. The van der Waals surface area contributed by atoms with Crippen LogP contribution in [0.1, 0.15) is 25.3 Å². The van der Waals surface area contributed by atoms with Gasteiger partial charge in [0.25, 0.3) is 0 Å². The topological polar surface area (TPSA) is 58.2 Å². The molecule has 1 saturated carbocycles. The largest absolute Gasteiger partial charge is 0.314 e. The van der Waals surface area contributed by atoms with E-state index < -0.39 is 10.0 Å². The molecule has 1 fully saturated rings. The summed E-state index contributed by atoms with van der Waals surface area (Å²) >= 11 is 1.63. The monoisotopic (exact) mass is 328 g/mol. The van der Waals surface area contributed by atoms with Gasteiger partial charge in [-0.3, -0.25) is 0 Å². The molecule has 1 aromatic carbocycles. The van der Waals surface area contributed by atoms with E-state index >= 15 is 0 Å². The van der Waals surface area contributed by atoms with Crippen LogP contribution in [0.25, 0.3) is 0 Å². The predicted octanol–water partition coefficient (Wildman–Crippen LogP) is 2.01. The summed E-state index contributed by atoms with van der Waals surface area (Å²) in [4.78, 5) is 0.342. The molecule has 0 radical (unpaired) electrons. The molecular weight excluding hydrogens is 304 g/mol. The second-order valence-corrected chi connectivity index (χ2v) is 8.22.